The third-order valence-electron chi connectivity index (χ3n) is 4.55. The summed E-state index contributed by atoms with van der Waals surface area (Å²) in [4.78, 5) is 0. The van der Waals surface area contributed by atoms with Crippen LogP contribution in [-0.4, -0.2) is 17.3 Å². The van der Waals surface area contributed by atoms with E-state index in [1.165, 1.54) is 44.9 Å². The molecule has 102 valence electrons. The van der Waals surface area contributed by atoms with Crippen LogP contribution in [0.1, 0.15) is 65.7 Å². The maximum absolute atomic E-state index is 9.77. The topological polar surface area (TPSA) is 46.2 Å². The van der Waals surface area contributed by atoms with Crippen molar-refractivity contribution in [3.8, 4) is 0 Å². The van der Waals surface area contributed by atoms with Crippen molar-refractivity contribution in [3.63, 3.8) is 0 Å². The molecule has 3 N–H and O–H groups in total. The second kappa shape index (κ2) is 7.38. The molecular formula is C15H31NO. The van der Waals surface area contributed by atoms with Crippen LogP contribution in [0, 0.1) is 17.8 Å². The van der Waals surface area contributed by atoms with Crippen molar-refractivity contribution in [2.45, 2.75) is 77.9 Å². The normalized spacial score (nSPS) is 36.2. The zero-order valence-corrected chi connectivity index (χ0v) is 11.9. The van der Waals surface area contributed by atoms with Gasteiger partial charge in [0.05, 0.1) is 6.10 Å². The average molecular weight is 241 g/mol. The van der Waals surface area contributed by atoms with E-state index in [-0.39, 0.29) is 6.10 Å². The lowest BCUT2D eigenvalue weighted by Gasteiger charge is -2.28. The Kier molecular flexibility index (Phi) is 6.50. The Labute approximate surface area is 107 Å². The summed E-state index contributed by atoms with van der Waals surface area (Å²) < 4.78 is 0. The van der Waals surface area contributed by atoms with Crippen molar-refractivity contribution in [1.29, 1.82) is 0 Å². The van der Waals surface area contributed by atoms with Crippen LogP contribution in [0.25, 0.3) is 0 Å². The third kappa shape index (κ3) is 5.39. The van der Waals surface area contributed by atoms with Crippen LogP contribution in [0.5, 0.6) is 0 Å². The summed E-state index contributed by atoms with van der Waals surface area (Å²) in [6.45, 7) is 6.45. The van der Waals surface area contributed by atoms with Gasteiger partial charge < -0.3 is 10.8 Å². The minimum atomic E-state index is -0.140. The van der Waals surface area contributed by atoms with Gasteiger partial charge in [-0.1, -0.05) is 26.2 Å². The molecule has 0 spiro atoms. The monoisotopic (exact) mass is 241 g/mol. The summed E-state index contributed by atoms with van der Waals surface area (Å²) >= 11 is 0. The summed E-state index contributed by atoms with van der Waals surface area (Å²) in [5.74, 6) is 1.98. The molecule has 2 heteroatoms. The fourth-order valence-electron chi connectivity index (χ4n) is 3.23. The second-order valence-electron chi connectivity index (χ2n) is 6.32. The second-order valence-corrected chi connectivity index (χ2v) is 6.32. The number of rotatable bonds is 2. The van der Waals surface area contributed by atoms with Crippen molar-refractivity contribution in [2.24, 2.45) is 23.5 Å². The number of hydrogen-bond donors (Lipinski definition) is 2. The average Bonchev–Trinajstić information content (AvgIpc) is 2.25. The molecule has 5 unspecified atom stereocenters. The molecule has 0 heterocycles. The minimum Gasteiger partial charge on any atom is -0.393 e. The first-order valence-electron chi connectivity index (χ1n) is 7.44. The fourth-order valence-corrected chi connectivity index (χ4v) is 3.23. The van der Waals surface area contributed by atoms with E-state index >= 15 is 0 Å². The Morgan fingerprint density at radius 2 is 1.53 bits per heavy atom. The highest BCUT2D eigenvalue weighted by Crippen LogP contribution is 2.30. The molecule has 1 saturated carbocycles. The van der Waals surface area contributed by atoms with Crippen LogP contribution in [0.3, 0.4) is 0 Å². The molecule has 0 amide bonds. The summed E-state index contributed by atoms with van der Waals surface area (Å²) in [7, 11) is 0. The van der Waals surface area contributed by atoms with Crippen molar-refractivity contribution < 1.29 is 5.11 Å². The van der Waals surface area contributed by atoms with Gasteiger partial charge in [-0.25, -0.2) is 0 Å². The van der Waals surface area contributed by atoms with Crippen molar-refractivity contribution >= 4 is 0 Å². The SMILES string of the molecule is CC1CCCC(C(C)O)CCCC(C(C)N)C1. The number of aliphatic hydroxyl groups excluding tert-OH is 1. The number of aliphatic hydroxyl groups is 1. The molecule has 0 radical (unpaired) electrons. The molecule has 0 aromatic carbocycles. The highest BCUT2D eigenvalue weighted by molar-refractivity contribution is 4.75. The quantitative estimate of drug-likeness (QED) is 0.779. The van der Waals surface area contributed by atoms with Crippen LogP contribution >= 0.6 is 0 Å². The van der Waals surface area contributed by atoms with E-state index in [9.17, 15) is 5.11 Å². The zero-order chi connectivity index (χ0) is 12.8. The molecule has 5 atom stereocenters. The molecule has 0 aliphatic heterocycles. The van der Waals surface area contributed by atoms with Gasteiger partial charge in [-0.15, -0.1) is 0 Å². The predicted molar refractivity (Wildman–Crippen MR) is 73.8 cm³/mol. The molecule has 1 aliphatic carbocycles. The molecule has 17 heavy (non-hydrogen) atoms. The first-order valence-corrected chi connectivity index (χ1v) is 7.44. The lowest BCUT2D eigenvalue weighted by atomic mass is 9.80. The van der Waals surface area contributed by atoms with Crippen LogP contribution in [-0.2, 0) is 0 Å². The molecule has 0 aromatic rings. The Morgan fingerprint density at radius 1 is 1.00 bits per heavy atom. The Morgan fingerprint density at radius 3 is 2.06 bits per heavy atom. The van der Waals surface area contributed by atoms with Crippen molar-refractivity contribution in [3.05, 3.63) is 0 Å². The Bertz CT molecular complexity index is 203. The first kappa shape index (κ1) is 15.0. The van der Waals surface area contributed by atoms with E-state index < -0.39 is 0 Å². The lowest BCUT2D eigenvalue weighted by molar-refractivity contribution is 0.105. The first-order chi connectivity index (χ1) is 8.00. The van der Waals surface area contributed by atoms with Gasteiger partial charge >= 0.3 is 0 Å². The van der Waals surface area contributed by atoms with Crippen LogP contribution < -0.4 is 5.73 Å². The molecule has 1 aliphatic rings. The number of hydrogen-bond acceptors (Lipinski definition) is 2. The highest BCUT2D eigenvalue weighted by atomic mass is 16.3. The van der Waals surface area contributed by atoms with Crippen molar-refractivity contribution in [1.82, 2.24) is 0 Å². The predicted octanol–water partition coefficient (Wildman–Crippen LogP) is 3.33. The van der Waals surface area contributed by atoms with Crippen LogP contribution in [0.4, 0.5) is 0 Å². The Balaban J connectivity index is 2.52. The maximum Gasteiger partial charge on any atom is 0.0540 e. The Hall–Kier alpha value is -0.0800. The van der Waals surface area contributed by atoms with Gasteiger partial charge in [-0.2, -0.15) is 0 Å². The molecule has 1 rings (SSSR count). The van der Waals surface area contributed by atoms with E-state index in [1.54, 1.807) is 0 Å². The molecule has 0 saturated heterocycles. The van der Waals surface area contributed by atoms with Gasteiger partial charge in [0.25, 0.3) is 0 Å². The molecule has 2 nitrogen and oxygen atoms in total. The van der Waals surface area contributed by atoms with Crippen LogP contribution in [0.15, 0.2) is 0 Å². The largest absolute Gasteiger partial charge is 0.393 e. The maximum atomic E-state index is 9.77. The smallest absolute Gasteiger partial charge is 0.0540 e. The van der Waals surface area contributed by atoms with Crippen LogP contribution in [0.2, 0.25) is 0 Å². The summed E-state index contributed by atoms with van der Waals surface area (Å²) in [5.41, 5.74) is 6.08. The van der Waals surface area contributed by atoms with E-state index in [0.717, 1.165) is 5.92 Å². The standard InChI is InChI=1S/C15H31NO/c1-11-6-4-7-14(13(3)17)8-5-9-15(10-11)12(2)16/h11-15,17H,4-10,16H2,1-3H3. The molecule has 0 bridgehead atoms. The summed E-state index contributed by atoms with van der Waals surface area (Å²) in [6.07, 6.45) is 8.56. The van der Waals surface area contributed by atoms with Gasteiger partial charge in [0.15, 0.2) is 0 Å². The number of nitrogens with two attached hydrogens (primary N) is 1. The fraction of sp³-hybridized carbons (Fsp3) is 1.00. The molecule has 0 aromatic heterocycles. The highest BCUT2D eigenvalue weighted by Gasteiger charge is 2.21. The molecular weight excluding hydrogens is 210 g/mol. The summed E-state index contributed by atoms with van der Waals surface area (Å²) in [5, 5.41) is 9.77. The minimum absolute atomic E-state index is 0.140. The van der Waals surface area contributed by atoms with Gasteiger partial charge in [-0.05, 0) is 57.3 Å². The van der Waals surface area contributed by atoms with Gasteiger partial charge in [0, 0.05) is 6.04 Å². The third-order valence-corrected chi connectivity index (χ3v) is 4.55. The van der Waals surface area contributed by atoms with Gasteiger partial charge in [0.2, 0.25) is 0 Å². The van der Waals surface area contributed by atoms with Gasteiger partial charge in [-0.3, -0.25) is 0 Å². The molecule has 1 fully saturated rings. The summed E-state index contributed by atoms with van der Waals surface area (Å²) in [6, 6.07) is 0.321. The van der Waals surface area contributed by atoms with Crippen molar-refractivity contribution in [2.75, 3.05) is 0 Å². The van der Waals surface area contributed by atoms with Gasteiger partial charge in [0.1, 0.15) is 0 Å². The van der Waals surface area contributed by atoms with E-state index in [0.29, 0.717) is 17.9 Å². The van der Waals surface area contributed by atoms with E-state index in [2.05, 4.69) is 13.8 Å². The zero-order valence-electron chi connectivity index (χ0n) is 11.9. The van der Waals surface area contributed by atoms with E-state index in [1.807, 2.05) is 6.92 Å². The van der Waals surface area contributed by atoms with E-state index in [4.69, 9.17) is 5.73 Å². The lowest BCUT2D eigenvalue weighted by Crippen LogP contribution is -2.29.